The standard InChI is InChI=1S/C18H28ClNO/c1-12-11-20(3-2-16(12)19)17(21)10-18-7-13-4-14(8-18)6-15(5-13)9-18/h12-16H,2-11H2,1H3. The van der Waals surface area contributed by atoms with Gasteiger partial charge in [-0.1, -0.05) is 6.92 Å². The Labute approximate surface area is 133 Å². The van der Waals surface area contributed by atoms with Gasteiger partial charge in [0.05, 0.1) is 0 Å². The van der Waals surface area contributed by atoms with Crippen LogP contribution in [0.25, 0.3) is 0 Å². The number of likely N-dealkylation sites (tertiary alicyclic amines) is 1. The number of hydrogen-bond donors (Lipinski definition) is 0. The van der Waals surface area contributed by atoms with Crippen LogP contribution in [0.3, 0.4) is 0 Å². The number of amides is 1. The fourth-order valence-electron chi connectivity index (χ4n) is 6.28. The number of alkyl halides is 1. The third-order valence-electron chi connectivity index (χ3n) is 6.84. The summed E-state index contributed by atoms with van der Waals surface area (Å²) < 4.78 is 0. The van der Waals surface area contributed by atoms with Gasteiger partial charge in [0.2, 0.25) is 5.91 Å². The lowest BCUT2D eigenvalue weighted by atomic mass is 9.49. The number of halogens is 1. The third-order valence-corrected chi connectivity index (χ3v) is 7.49. The molecule has 5 fully saturated rings. The topological polar surface area (TPSA) is 20.3 Å². The molecule has 0 spiro atoms. The van der Waals surface area contributed by atoms with Crippen LogP contribution in [-0.4, -0.2) is 29.3 Å². The molecule has 4 bridgehead atoms. The van der Waals surface area contributed by atoms with E-state index in [-0.39, 0.29) is 5.38 Å². The maximum absolute atomic E-state index is 12.8. The molecule has 1 aliphatic heterocycles. The minimum atomic E-state index is 0.258. The predicted molar refractivity (Wildman–Crippen MR) is 85.2 cm³/mol. The van der Waals surface area contributed by atoms with E-state index in [1.165, 1.54) is 38.5 Å². The van der Waals surface area contributed by atoms with E-state index in [1.807, 2.05) is 0 Å². The largest absolute Gasteiger partial charge is 0.342 e. The van der Waals surface area contributed by atoms with Gasteiger partial charge in [-0.15, -0.1) is 11.6 Å². The molecule has 0 N–H and O–H groups in total. The van der Waals surface area contributed by atoms with Crippen molar-refractivity contribution in [2.24, 2.45) is 29.1 Å². The molecule has 118 valence electrons. The number of piperidine rings is 1. The molecular formula is C18H28ClNO. The number of nitrogens with zero attached hydrogens (tertiary/aromatic N) is 1. The van der Waals surface area contributed by atoms with E-state index in [9.17, 15) is 4.79 Å². The Morgan fingerprint density at radius 2 is 1.71 bits per heavy atom. The molecule has 3 heteroatoms. The average Bonchev–Trinajstić information content (AvgIpc) is 2.39. The summed E-state index contributed by atoms with van der Waals surface area (Å²) in [6.07, 6.45) is 10.2. The molecule has 21 heavy (non-hydrogen) atoms. The number of carbonyl (C=O) groups is 1. The van der Waals surface area contributed by atoms with E-state index in [0.717, 1.165) is 43.7 Å². The second kappa shape index (κ2) is 5.15. The maximum Gasteiger partial charge on any atom is 0.223 e. The first-order valence-corrected chi connectivity index (χ1v) is 9.38. The van der Waals surface area contributed by atoms with Gasteiger partial charge >= 0.3 is 0 Å². The summed E-state index contributed by atoms with van der Waals surface area (Å²) in [4.78, 5) is 14.9. The zero-order valence-electron chi connectivity index (χ0n) is 13.2. The normalized spacial score (nSPS) is 48.7. The molecule has 5 aliphatic rings. The summed E-state index contributed by atoms with van der Waals surface area (Å²) in [5, 5.41) is 0.258. The molecule has 0 radical (unpaired) electrons. The first-order chi connectivity index (χ1) is 10.0. The van der Waals surface area contributed by atoms with E-state index in [2.05, 4.69) is 11.8 Å². The SMILES string of the molecule is CC1CN(C(=O)CC23CC4CC(CC(C4)C2)C3)CCC1Cl. The zero-order valence-corrected chi connectivity index (χ0v) is 13.9. The predicted octanol–water partition coefficient (Wildman–Crippen LogP) is 4.07. The van der Waals surface area contributed by atoms with Crippen LogP contribution in [0.5, 0.6) is 0 Å². The van der Waals surface area contributed by atoms with Gasteiger partial charge < -0.3 is 4.90 Å². The summed E-state index contributed by atoms with van der Waals surface area (Å²) in [6.45, 7) is 3.94. The molecule has 2 nitrogen and oxygen atoms in total. The summed E-state index contributed by atoms with van der Waals surface area (Å²) >= 11 is 6.30. The quantitative estimate of drug-likeness (QED) is 0.704. The van der Waals surface area contributed by atoms with Crippen LogP contribution >= 0.6 is 11.6 Å². The number of rotatable bonds is 2. The van der Waals surface area contributed by atoms with Gasteiger partial charge in [0.15, 0.2) is 0 Å². The highest BCUT2D eigenvalue weighted by Crippen LogP contribution is 2.61. The molecule has 1 heterocycles. The van der Waals surface area contributed by atoms with Gasteiger partial charge in [-0.25, -0.2) is 0 Å². The fraction of sp³-hybridized carbons (Fsp3) is 0.944. The van der Waals surface area contributed by atoms with Crippen molar-refractivity contribution in [2.75, 3.05) is 13.1 Å². The molecule has 0 aromatic heterocycles. The molecule has 4 aliphatic carbocycles. The van der Waals surface area contributed by atoms with Crippen molar-refractivity contribution in [1.82, 2.24) is 4.90 Å². The van der Waals surface area contributed by atoms with E-state index in [0.29, 0.717) is 17.2 Å². The Kier molecular flexibility index (Phi) is 3.52. The van der Waals surface area contributed by atoms with Crippen molar-refractivity contribution >= 4 is 17.5 Å². The summed E-state index contributed by atoms with van der Waals surface area (Å²) in [5.74, 6) is 3.69. The minimum absolute atomic E-state index is 0.258. The first-order valence-electron chi connectivity index (χ1n) is 8.95. The van der Waals surface area contributed by atoms with E-state index < -0.39 is 0 Å². The van der Waals surface area contributed by atoms with Gasteiger partial charge in [-0.3, -0.25) is 4.79 Å². The lowest BCUT2D eigenvalue weighted by Crippen LogP contribution is -2.50. The molecule has 5 rings (SSSR count). The highest BCUT2D eigenvalue weighted by molar-refractivity contribution is 6.20. The smallest absolute Gasteiger partial charge is 0.223 e. The molecular weight excluding hydrogens is 282 g/mol. The molecule has 1 saturated heterocycles. The highest BCUT2D eigenvalue weighted by atomic mass is 35.5. The van der Waals surface area contributed by atoms with Crippen molar-refractivity contribution < 1.29 is 4.79 Å². The second-order valence-corrected chi connectivity index (χ2v) is 9.28. The highest BCUT2D eigenvalue weighted by Gasteiger charge is 2.51. The van der Waals surface area contributed by atoms with Crippen LogP contribution in [0, 0.1) is 29.1 Å². The van der Waals surface area contributed by atoms with Gasteiger partial charge in [-0.2, -0.15) is 0 Å². The van der Waals surface area contributed by atoms with Crippen molar-refractivity contribution in [2.45, 2.75) is 63.7 Å². The van der Waals surface area contributed by atoms with Crippen molar-refractivity contribution in [1.29, 1.82) is 0 Å². The van der Waals surface area contributed by atoms with E-state index in [1.54, 1.807) is 0 Å². The van der Waals surface area contributed by atoms with E-state index >= 15 is 0 Å². The summed E-state index contributed by atoms with van der Waals surface area (Å²) in [5.41, 5.74) is 0.382. The second-order valence-electron chi connectivity index (χ2n) is 8.72. The van der Waals surface area contributed by atoms with Gasteiger partial charge in [0.25, 0.3) is 0 Å². The molecule has 2 atom stereocenters. The summed E-state index contributed by atoms with van der Waals surface area (Å²) in [7, 11) is 0. The van der Waals surface area contributed by atoms with E-state index in [4.69, 9.17) is 11.6 Å². The minimum Gasteiger partial charge on any atom is -0.342 e. The Balaban J connectivity index is 1.42. The lowest BCUT2D eigenvalue weighted by molar-refractivity contribution is -0.141. The molecule has 0 aromatic carbocycles. The van der Waals surface area contributed by atoms with Crippen LogP contribution in [0.2, 0.25) is 0 Å². The van der Waals surface area contributed by atoms with Gasteiger partial charge in [0, 0.05) is 24.9 Å². The Morgan fingerprint density at radius 1 is 1.14 bits per heavy atom. The van der Waals surface area contributed by atoms with Gasteiger partial charge in [-0.05, 0) is 74.0 Å². The molecule has 1 amide bonds. The molecule has 0 aromatic rings. The van der Waals surface area contributed by atoms with Crippen LogP contribution in [0.15, 0.2) is 0 Å². The Morgan fingerprint density at radius 3 is 2.24 bits per heavy atom. The van der Waals surface area contributed by atoms with Crippen molar-refractivity contribution in [3.8, 4) is 0 Å². The first kappa shape index (κ1) is 14.4. The number of carbonyl (C=O) groups excluding carboxylic acids is 1. The fourth-order valence-corrected chi connectivity index (χ4v) is 6.46. The third kappa shape index (κ3) is 2.62. The van der Waals surface area contributed by atoms with Gasteiger partial charge in [0.1, 0.15) is 0 Å². The van der Waals surface area contributed by atoms with Crippen LogP contribution in [0.4, 0.5) is 0 Å². The lowest BCUT2D eigenvalue weighted by Gasteiger charge is -2.57. The van der Waals surface area contributed by atoms with Crippen molar-refractivity contribution in [3.63, 3.8) is 0 Å². The monoisotopic (exact) mass is 309 g/mol. The van der Waals surface area contributed by atoms with Crippen LogP contribution in [-0.2, 0) is 4.79 Å². The number of hydrogen-bond acceptors (Lipinski definition) is 1. The average molecular weight is 310 g/mol. The van der Waals surface area contributed by atoms with Crippen LogP contribution < -0.4 is 0 Å². The Bertz CT molecular complexity index is 400. The van der Waals surface area contributed by atoms with Crippen molar-refractivity contribution in [3.05, 3.63) is 0 Å². The maximum atomic E-state index is 12.8. The molecule has 2 unspecified atom stereocenters. The summed E-state index contributed by atoms with van der Waals surface area (Å²) in [6, 6.07) is 0. The van der Waals surface area contributed by atoms with Crippen LogP contribution in [0.1, 0.15) is 58.3 Å². The zero-order chi connectivity index (χ0) is 14.6. The Hall–Kier alpha value is -0.240. The molecule has 4 saturated carbocycles.